The van der Waals surface area contributed by atoms with E-state index in [-0.39, 0.29) is 6.61 Å². The predicted molar refractivity (Wildman–Crippen MR) is 113 cm³/mol. The van der Waals surface area contributed by atoms with Gasteiger partial charge in [-0.15, -0.1) is 0 Å². The van der Waals surface area contributed by atoms with Crippen molar-refractivity contribution in [2.75, 3.05) is 19.8 Å². The highest BCUT2D eigenvalue weighted by Crippen LogP contribution is 2.16. The molecule has 2 aromatic carbocycles. The number of benzene rings is 2. The number of aliphatic hydroxyl groups is 1. The first-order valence-corrected chi connectivity index (χ1v) is 10.1. The van der Waals surface area contributed by atoms with Gasteiger partial charge in [0.25, 0.3) is 0 Å². The summed E-state index contributed by atoms with van der Waals surface area (Å²) in [6.45, 7) is 4.83. The van der Waals surface area contributed by atoms with Gasteiger partial charge in [0.1, 0.15) is 30.0 Å². The molecule has 1 N–H and O–H groups in total. The maximum Gasteiger partial charge on any atom is 0.119 e. The van der Waals surface area contributed by atoms with Crippen molar-refractivity contribution < 1.29 is 19.0 Å². The van der Waals surface area contributed by atoms with Gasteiger partial charge in [0.15, 0.2) is 0 Å². The van der Waals surface area contributed by atoms with Crippen LogP contribution in [0.1, 0.15) is 24.7 Å². The van der Waals surface area contributed by atoms with Gasteiger partial charge in [0.05, 0.1) is 19.4 Å². The molecule has 0 saturated heterocycles. The van der Waals surface area contributed by atoms with Crippen molar-refractivity contribution in [1.82, 2.24) is 4.90 Å². The number of hydrogen-bond acceptors (Lipinski definition) is 5. The molecule has 1 heterocycles. The fraction of sp³-hybridized carbons (Fsp3) is 0.333. The van der Waals surface area contributed by atoms with Gasteiger partial charge in [0.2, 0.25) is 0 Å². The molecule has 0 aliphatic heterocycles. The van der Waals surface area contributed by atoms with Crippen LogP contribution < -0.4 is 9.47 Å². The number of nitrogens with zero attached hydrogens (tertiary/aromatic N) is 1. The van der Waals surface area contributed by atoms with Crippen LogP contribution in [-0.4, -0.2) is 35.9 Å². The summed E-state index contributed by atoms with van der Waals surface area (Å²) in [7, 11) is 0. The molecule has 0 fully saturated rings. The van der Waals surface area contributed by atoms with Gasteiger partial charge in [-0.25, -0.2) is 0 Å². The van der Waals surface area contributed by atoms with Crippen LogP contribution in [0.3, 0.4) is 0 Å². The Bertz CT molecular complexity index is 803. The molecule has 0 aliphatic carbocycles. The Morgan fingerprint density at radius 1 is 0.897 bits per heavy atom. The summed E-state index contributed by atoms with van der Waals surface area (Å²) in [4.78, 5) is 2.15. The van der Waals surface area contributed by atoms with Gasteiger partial charge in [-0.3, -0.25) is 4.90 Å². The van der Waals surface area contributed by atoms with E-state index in [9.17, 15) is 5.11 Å². The van der Waals surface area contributed by atoms with Gasteiger partial charge in [-0.2, -0.15) is 0 Å². The zero-order valence-corrected chi connectivity index (χ0v) is 16.9. The van der Waals surface area contributed by atoms with Gasteiger partial charge in [-0.1, -0.05) is 37.3 Å². The molecule has 1 unspecified atom stereocenters. The number of hydrogen-bond donors (Lipinski definition) is 1. The summed E-state index contributed by atoms with van der Waals surface area (Å²) in [5.74, 6) is 2.50. The monoisotopic (exact) mass is 395 g/mol. The third kappa shape index (κ3) is 7.29. The molecule has 0 saturated carbocycles. The second kappa shape index (κ2) is 11.3. The average molecular weight is 395 g/mol. The molecule has 0 spiro atoms. The molecular formula is C24H29NO4. The zero-order valence-electron chi connectivity index (χ0n) is 16.9. The third-order valence-corrected chi connectivity index (χ3v) is 4.42. The Balaban J connectivity index is 1.58. The fourth-order valence-electron chi connectivity index (χ4n) is 3.04. The predicted octanol–water partition coefficient (Wildman–Crippen LogP) is 4.51. The summed E-state index contributed by atoms with van der Waals surface area (Å²) >= 11 is 0. The molecule has 5 heteroatoms. The van der Waals surface area contributed by atoms with E-state index in [2.05, 4.69) is 24.0 Å². The van der Waals surface area contributed by atoms with Gasteiger partial charge >= 0.3 is 0 Å². The molecular weight excluding hydrogens is 366 g/mol. The molecule has 0 amide bonds. The van der Waals surface area contributed by atoms with E-state index in [1.165, 1.54) is 0 Å². The van der Waals surface area contributed by atoms with E-state index in [4.69, 9.17) is 13.9 Å². The molecule has 3 rings (SSSR count). The summed E-state index contributed by atoms with van der Waals surface area (Å²) in [6, 6.07) is 21.5. The minimum absolute atomic E-state index is 0.239. The molecule has 1 aromatic heterocycles. The molecule has 0 radical (unpaired) electrons. The quantitative estimate of drug-likeness (QED) is 0.489. The average Bonchev–Trinajstić information content (AvgIpc) is 3.25. The van der Waals surface area contributed by atoms with E-state index >= 15 is 0 Å². The second-order valence-electron chi connectivity index (χ2n) is 7.02. The molecule has 29 heavy (non-hydrogen) atoms. The highest BCUT2D eigenvalue weighted by atomic mass is 16.5. The van der Waals surface area contributed by atoms with Gasteiger partial charge < -0.3 is 19.0 Å². The van der Waals surface area contributed by atoms with Crippen LogP contribution >= 0.6 is 0 Å². The zero-order chi connectivity index (χ0) is 20.3. The van der Waals surface area contributed by atoms with Crippen molar-refractivity contribution in [3.63, 3.8) is 0 Å². The van der Waals surface area contributed by atoms with Crippen molar-refractivity contribution in [1.29, 1.82) is 0 Å². The van der Waals surface area contributed by atoms with Gasteiger partial charge in [-0.05, 0) is 48.4 Å². The van der Waals surface area contributed by atoms with E-state index in [1.807, 2.05) is 54.6 Å². The van der Waals surface area contributed by atoms with Gasteiger partial charge in [0, 0.05) is 13.1 Å². The molecule has 0 aliphatic rings. The minimum Gasteiger partial charge on any atom is -0.494 e. The van der Waals surface area contributed by atoms with Crippen LogP contribution in [0.15, 0.2) is 77.4 Å². The highest BCUT2D eigenvalue weighted by Gasteiger charge is 2.15. The van der Waals surface area contributed by atoms with Crippen LogP contribution in [0.5, 0.6) is 11.5 Å². The Kier molecular flexibility index (Phi) is 8.16. The first-order chi connectivity index (χ1) is 14.2. The standard InChI is InChI=1S/C24H29NO4/c1-2-14-27-23-12-10-20(11-13-23)16-25(18-24-9-6-15-28-24)17-21(26)19-29-22-7-4-3-5-8-22/h3-13,15,21,26H,2,14,16-19H2,1H3. The lowest BCUT2D eigenvalue weighted by Crippen LogP contribution is -2.35. The maximum absolute atomic E-state index is 10.5. The van der Waals surface area contributed by atoms with Crippen molar-refractivity contribution in [2.24, 2.45) is 0 Å². The van der Waals surface area contributed by atoms with Crippen molar-refractivity contribution >= 4 is 0 Å². The molecule has 0 bridgehead atoms. The van der Waals surface area contributed by atoms with E-state index in [0.29, 0.717) is 19.6 Å². The van der Waals surface area contributed by atoms with E-state index in [0.717, 1.165) is 35.9 Å². The molecule has 5 nitrogen and oxygen atoms in total. The summed E-state index contributed by atoms with van der Waals surface area (Å²) in [5, 5.41) is 10.5. The van der Waals surface area contributed by atoms with Crippen LogP contribution in [0.2, 0.25) is 0 Å². The fourth-order valence-corrected chi connectivity index (χ4v) is 3.04. The van der Waals surface area contributed by atoms with E-state index < -0.39 is 6.10 Å². The number of furan rings is 1. The molecule has 3 aromatic rings. The Morgan fingerprint density at radius 3 is 2.34 bits per heavy atom. The van der Waals surface area contributed by atoms with Crippen LogP contribution in [0.4, 0.5) is 0 Å². The smallest absolute Gasteiger partial charge is 0.119 e. The number of aliphatic hydroxyl groups excluding tert-OH is 1. The number of ether oxygens (including phenoxy) is 2. The van der Waals surface area contributed by atoms with Crippen LogP contribution in [-0.2, 0) is 13.1 Å². The lowest BCUT2D eigenvalue weighted by molar-refractivity contribution is 0.0604. The summed E-state index contributed by atoms with van der Waals surface area (Å²) in [5.41, 5.74) is 1.15. The second-order valence-corrected chi connectivity index (χ2v) is 7.02. The van der Waals surface area contributed by atoms with Crippen molar-refractivity contribution in [3.8, 4) is 11.5 Å². The minimum atomic E-state index is -0.614. The first kappa shape index (κ1) is 21.0. The third-order valence-electron chi connectivity index (χ3n) is 4.42. The maximum atomic E-state index is 10.5. The Labute approximate surface area is 172 Å². The first-order valence-electron chi connectivity index (χ1n) is 10.1. The number of rotatable bonds is 12. The summed E-state index contributed by atoms with van der Waals surface area (Å²) in [6.07, 6.45) is 2.04. The normalized spacial score (nSPS) is 12.1. The molecule has 154 valence electrons. The van der Waals surface area contributed by atoms with Crippen molar-refractivity contribution in [3.05, 3.63) is 84.3 Å². The topological polar surface area (TPSA) is 55.1 Å². The molecule has 1 atom stereocenters. The Morgan fingerprint density at radius 2 is 1.66 bits per heavy atom. The van der Waals surface area contributed by atoms with Crippen molar-refractivity contribution in [2.45, 2.75) is 32.5 Å². The number of para-hydroxylation sites is 1. The van der Waals surface area contributed by atoms with Crippen LogP contribution in [0, 0.1) is 0 Å². The largest absolute Gasteiger partial charge is 0.494 e. The highest BCUT2D eigenvalue weighted by molar-refractivity contribution is 5.27. The van der Waals surface area contributed by atoms with E-state index in [1.54, 1.807) is 6.26 Å². The lowest BCUT2D eigenvalue weighted by atomic mass is 10.2. The van der Waals surface area contributed by atoms with Crippen LogP contribution in [0.25, 0.3) is 0 Å². The lowest BCUT2D eigenvalue weighted by Gasteiger charge is -2.24. The SMILES string of the molecule is CCCOc1ccc(CN(Cc2ccco2)CC(O)COc2ccccc2)cc1. The summed E-state index contributed by atoms with van der Waals surface area (Å²) < 4.78 is 16.8. The Hall–Kier alpha value is -2.76.